The van der Waals surface area contributed by atoms with Gasteiger partial charge in [0.1, 0.15) is 0 Å². The van der Waals surface area contributed by atoms with Crippen LogP contribution in [0.4, 0.5) is 8.78 Å². The summed E-state index contributed by atoms with van der Waals surface area (Å²) in [5.41, 5.74) is -0.102. The summed E-state index contributed by atoms with van der Waals surface area (Å²) >= 11 is 0.906. The smallest absolute Gasteiger partial charge is 0.211 e. The third-order valence-corrected chi connectivity index (χ3v) is 3.80. The van der Waals surface area contributed by atoms with Crippen LogP contribution in [0.15, 0.2) is 35.5 Å². The second-order valence-electron chi connectivity index (χ2n) is 4.49. The summed E-state index contributed by atoms with van der Waals surface area (Å²) in [5.74, 6) is 0.303. The summed E-state index contributed by atoms with van der Waals surface area (Å²) in [5, 5.41) is 4.53. The third-order valence-electron chi connectivity index (χ3n) is 3.10. The van der Waals surface area contributed by atoms with Crippen molar-refractivity contribution in [3.05, 3.63) is 41.7 Å². The maximum Gasteiger partial charge on any atom is 0.211 e. The molecule has 0 radical (unpaired) electrons. The average molecular weight is 281 g/mol. The fraction of sp³-hybridized carbons (Fsp3) is 0.385. The SMILES string of the molecule is CC(F)Sc1nc2n(n1)[C@H](c1ccccc1)C[C@@H]2F. The number of hydrogen-bond donors (Lipinski definition) is 0. The highest BCUT2D eigenvalue weighted by atomic mass is 32.2. The Morgan fingerprint density at radius 1 is 1.37 bits per heavy atom. The average Bonchev–Trinajstić information content (AvgIpc) is 2.90. The van der Waals surface area contributed by atoms with Crippen LogP contribution in [0.1, 0.15) is 36.9 Å². The lowest BCUT2D eigenvalue weighted by Crippen LogP contribution is -2.07. The Hall–Kier alpha value is -1.43. The summed E-state index contributed by atoms with van der Waals surface area (Å²) in [6.07, 6.45) is -0.794. The molecule has 1 aromatic carbocycles. The number of fused-ring (bicyclic) bond motifs is 1. The minimum Gasteiger partial charge on any atom is -0.239 e. The van der Waals surface area contributed by atoms with Gasteiger partial charge >= 0.3 is 0 Å². The van der Waals surface area contributed by atoms with E-state index in [1.807, 2.05) is 30.3 Å². The van der Waals surface area contributed by atoms with Gasteiger partial charge in [-0.1, -0.05) is 30.3 Å². The fourth-order valence-electron chi connectivity index (χ4n) is 2.31. The molecular weight excluding hydrogens is 268 g/mol. The molecule has 1 aliphatic rings. The van der Waals surface area contributed by atoms with Crippen molar-refractivity contribution in [3.8, 4) is 0 Å². The normalized spacial score (nSPS) is 23.3. The van der Waals surface area contributed by atoms with Crippen molar-refractivity contribution in [3.63, 3.8) is 0 Å². The van der Waals surface area contributed by atoms with Gasteiger partial charge in [0, 0.05) is 6.42 Å². The number of thioether (sulfide) groups is 1. The van der Waals surface area contributed by atoms with Crippen molar-refractivity contribution in [2.75, 3.05) is 0 Å². The van der Waals surface area contributed by atoms with Crippen LogP contribution in [0.3, 0.4) is 0 Å². The number of nitrogens with zero attached hydrogens (tertiary/aromatic N) is 3. The van der Waals surface area contributed by atoms with E-state index in [0.29, 0.717) is 17.4 Å². The van der Waals surface area contributed by atoms with Gasteiger partial charge in [0.2, 0.25) is 5.16 Å². The van der Waals surface area contributed by atoms with E-state index >= 15 is 0 Å². The molecule has 0 saturated heterocycles. The molecule has 0 bridgehead atoms. The summed E-state index contributed by atoms with van der Waals surface area (Å²) in [4.78, 5) is 4.09. The number of aromatic nitrogens is 3. The molecule has 19 heavy (non-hydrogen) atoms. The molecule has 0 spiro atoms. The van der Waals surface area contributed by atoms with Crippen molar-refractivity contribution < 1.29 is 8.78 Å². The summed E-state index contributed by atoms with van der Waals surface area (Å²) in [6, 6.07) is 9.48. The van der Waals surface area contributed by atoms with Gasteiger partial charge in [-0.25, -0.2) is 18.4 Å². The van der Waals surface area contributed by atoms with Gasteiger partial charge in [0.25, 0.3) is 0 Å². The van der Waals surface area contributed by atoms with Crippen molar-refractivity contribution >= 4 is 11.8 Å². The lowest BCUT2D eigenvalue weighted by atomic mass is 10.0. The lowest BCUT2D eigenvalue weighted by Gasteiger charge is -2.11. The summed E-state index contributed by atoms with van der Waals surface area (Å²) in [6.45, 7) is 1.42. The maximum atomic E-state index is 14.0. The molecule has 2 aromatic rings. The first-order chi connectivity index (χ1) is 9.15. The molecule has 1 aromatic heterocycles. The van der Waals surface area contributed by atoms with Crippen LogP contribution >= 0.6 is 11.8 Å². The van der Waals surface area contributed by atoms with Crippen molar-refractivity contribution in [2.24, 2.45) is 0 Å². The van der Waals surface area contributed by atoms with E-state index in [0.717, 1.165) is 17.3 Å². The standard InChI is InChI=1S/C13H13F2N3S/c1-8(14)19-13-16-12-10(15)7-11(18(12)17-13)9-5-3-2-4-6-9/h2-6,8,10-11H,7H2,1H3/t8?,10-,11-/m0/s1. The highest BCUT2D eigenvalue weighted by molar-refractivity contribution is 7.99. The van der Waals surface area contributed by atoms with E-state index in [-0.39, 0.29) is 6.04 Å². The molecule has 3 rings (SSSR count). The molecule has 6 heteroatoms. The molecule has 1 aliphatic heterocycles. The first kappa shape index (κ1) is 12.6. The predicted octanol–water partition coefficient (Wildman–Crippen LogP) is 3.69. The Kier molecular flexibility index (Phi) is 3.26. The molecule has 3 nitrogen and oxygen atoms in total. The zero-order valence-corrected chi connectivity index (χ0v) is 11.1. The van der Waals surface area contributed by atoms with Crippen molar-refractivity contribution in [2.45, 2.75) is 36.2 Å². The predicted molar refractivity (Wildman–Crippen MR) is 69.5 cm³/mol. The Balaban J connectivity index is 1.95. The van der Waals surface area contributed by atoms with Crippen molar-refractivity contribution in [1.29, 1.82) is 0 Å². The minimum absolute atomic E-state index is 0.150. The highest BCUT2D eigenvalue weighted by Gasteiger charge is 2.35. The van der Waals surface area contributed by atoms with Gasteiger partial charge in [0.05, 0.1) is 6.04 Å². The van der Waals surface area contributed by atoms with Crippen molar-refractivity contribution in [1.82, 2.24) is 14.8 Å². The number of alkyl halides is 2. The lowest BCUT2D eigenvalue weighted by molar-refractivity contribution is 0.327. The van der Waals surface area contributed by atoms with E-state index in [4.69, 9.17) is 0 Å². The Bertz CT molecular complexity index is 571. The third kappa shape index (κ3) is 2.36. The number of benzene rings is 1. The highest BCUT2D eigenvalue weighted by Crippen LogP contribution is 2.40. The molecule has 0 aliphatic carbocycles. The minimum atomic E-state index is -1.14. The maximum absolute atomic E-state index is 14.0. The molecule has 0 fully saturated rings. The Morgan fingerprint density at radius 2 is 2.11 bits per heavy atom. The number of hydrogen-bond acceptors (Lipinski definition) is 3. The van der Waals surface area contributed by atoms with Gasteiger partial charge in [-0.05, 0) is 24.2 Å². The molecule has 0 saturated carbocycles. The van der Waals surface area contributed by atoms with Crippen LogP contribution in [0.2, 0.25) is 0 Å². The van der Waals surface area contributed by atoms with Gasteiger partial charge in [-0.15, -0.1) is 5.10 Å². The second-order valence-corrected chi connectivity index (χ2v) is 5.74. The number of halogens is 2. The van der Waals surface area contributed by atoms with Gasteiger partial charge < -0.3 is 0 Å². The monoisotopic (exact) mass is 281 g/mol. The second kappa shape index (κ2) is 4.92. The molecular formula is C13H13F2N3S. The van der Waals surface area contributed by atoms with E-state index in [1.165, 1.54) is 6.92 Å². The largest absolute Gasteiger partial charge is 0.239 e. The Labute approximate surface area is 114 Å². The van der Waals surface area contributed by atoms with E-state index in [9.17, 15) is 8.78 Å². The first-order valence-corrected chi connectivity index (χ1v) is 6.99. The van der Waals surface area contributed by atoms with Crippen LogP contribution in [-0.4, -0.2) is 20.3 Å². The van der Waals surface area contributed by atoms with Crippen LogP contribution in [0, 0.1) is 0 Å². The molecule has 0 amide bonds. The van der Waals surface area contributed by atoms with E-state index < -0.39 is 11.7 Å². The van der Waals surface area contributed by atoms with Crippen LogP contribution in [0.5, 0.6) is 0 Å². The van der Waals surface area contributed by atoms with Gasteiger partial charge in [0.15, 0.2) is 17.5 Å². The quantitative estimate of drug-likeness (QED) is 0.804. The van der Waals surface area contributed by atoms with Crippen LogP contribution in [0.25, 0.3) is 0 Å². The summed E-state index contributed by atoms with van der Waals surface area (Å²) in [7, 11) is 0. The topological polar surface area (TPSA) is 30.7 Å². The molecule has 3 atom stereocenters. The Morgan fingerprint density at radius 3 is 2.79 bits per heavy atom. The van der Waals surface area contributed by atoms with Gasteiger partial charge in [-0.2, -0.15) is 0 Å². The molecule has 100 valence electrons. The van der Waals surface area contributed by atoms with E-state index in [1.54, 1.807) is 4.68 Å². The zero-order chi connectivity index (χ0) is 13.4. The van der Waals surface area contributed by atoms with Crippen LogP contribution in [-0.2, 0) is 0 Å². The molecule has 0 N–H and O–H groups in total. The fourth-order valence-corrected chi connectivity index (χ4v) is 2.88. The van der Waals surface area contributed by atoms with Crippen LogP contribution < -0.4 is 0 Å². The molecule has 2 heterocycles. The summed E-state index contributed by atoms with van der Waals surface area (Å²) < 4.78 is 28.5. The number of rotatable bonds is 3. The van der Waals surface area contributed by atoms with Gasteiger partial charge in [-0.3, -0.25) is 0 Å². The van der Waals surface area contributed by atoms with E-state index in [2.05, 4.69) is 10.1 Å². The molecule has 1 unspecified atom stereocenters. The zero-order valence-electron chi connectivity index (χ0n) is 10.3. The first-order valence-electron chi connectivity index (χ1n) is 6.11.